The average molecular weight is 360 g/mol. The van der Waals surface area contributed by atoms with Crippen LogP contribution in [0.2, 0.25) is 0 Å². The van der Waals surface area contributed by atoms with Gasteiger partial charge in [0.05, 0.1) is 11.1 Å². The lowest BCUT2D eigenvalue weighted by Gasteiger charge is -2.05. The molecule has 1 amide bonds. The molecule has 1 aliphatic carbocycles. The maximum Gasteiger partial charge on any atom is 0.339 e. The Balaban J connectivity index is 1.62. The van der Waals surface area contributed by atoms with Crippen LogP contribution in [0, 0.1) is 25.2 Å². The van der Waals surface area contributed by atoms with Gasteiger partial charge in [-0.25, -0.2) is 4.79 Å². The van der Waals surface area contributed by atoms with E-state index in [-0.39, 0.29) is 6.61 Å². The van der Waals surface area contributed by atoms with Crippen LogP contribution in [0.25, 0.3) is 0 Å². The van der Waals surface area contributed by atoms with E-state index in [2.05, 4.69) is 11.4 Å². The van der Waals surface area contributed by atoms with Crippen LogP contribution >= 0.6 is 22.7 Å². The third-order valence-electron chi connectivity index (χ3n) is 3.88. The number of amides is 1. The van der Waals surface area contributed by atoms with E-state index >= 15 is 0 Å². The molecule has 124 valence electrons. The van der Waals surface area contributed by atoms with Gasteiger partial charge in [-0.2, -0.15) is 5.26 Å². The number of rotatable bonds is 4. The zero-order valence-corrected chi connectivity index (χ0v) is 15.0. The Morgan fingerprint density at radius 1 is 1.33 bits per heavy atom. The molecule has 0 aliphatic heterocycles. The molecular weight excluding hydrogens is 344 g/mol. The number of aryl methyl sites for hydroxylation is 3. The summed E-state index contributed by atoms with van der Waals surface area (Å²) in [5, 5.41) is 12.6. The molecule has 3 rings (SSSR count). The Bertz CT molecular complexity index is 858. The van der Waals surface area contributed by atoms with E-state index in [0.29, 0.717) is 16.1 Å². The van der Waals surface area contributed by atoms with Gasteiger partial charge < -0.3 is 10.1 Å². The highest BCUT2D eigenvalue weighted by Gasteiger charge is 2.23. The monoisotopic (exact) mass is 360 g/mol. The SMILES string of the molecule is Cc1cc(C(=O)OCC(=O)Nc2sc3c(c2C#N)CCC3)c(C)s1. The van der Waals surface area contributed by atoms with E-state index in [1.165, 1.54) is 27.6 Å². The molecule has 1 aliphatic rings. The van der Waals surface area contributed by atoms with Gasteiger partial charge in [-0.1, -0.05) is 0 Å². The summed E-state index contributed by atoms with van der Waals surface area (Å²) in [7, 11) is 0. The third-order valence-corrected chi connectivity index (χ3v) is 6.05. The van der Waals surface area contributed by atoms with Crippen molar-refractivity contribution in [2.75, 3.05) is 11.9 Å². The van der Waals surface area contributed by atoms with Crippen molar-refractivity contribution in [2.45, 2.75) is 33.1 Å². The number of nitriles is 1. The second-order valence-electron chi connectivity index (χ2n) is 5.62. The molecule has 0 spiro atoms. The number of carbonyl (C=O) groups excluding carboxylic acids is 2. The molecular formula is C17H16N2O3S2. The van der Waals surface area contributed by atoms with Gasteiger partial charge in [0.25, 0.3) is 5.91 Å². The predicted octanol–water partition coefficient (Wildman–Crippen LogP) is 3.58. The first kappa shape index (κ1) is 16.7. The Hall–Kier alpha value is -2.17. The smallest absolute Gasteiger partial charge is 0.339 e. The number of anilines is 1. The average Bonchev–Trinajstić information content (AvgIpc) is 3.19. The van der Waals surface area contributed by atoms with E-state index < -0.39 is 11.9 Å². The maximum absolute atomic E-state index is 12.0. The normalized spacial score (nSPS) is 12.5. The van der Waals surface area contributed by atoms with Crippen molar-refractivity contribution >= 4 is 39.6 Å². The summed E-state index contributed by atoms with van der Waals surface area (Å²) in [5.74, 6) is -0.925. The molecule has 0 atom stereocenters. The van der Waals surface area contributed by atoms with Gasteiger partial charge >= 0.3 is 5.97 Å². The predicted molar refractivity (Wildman–Crippen MR) is 93.8 cm³/mol. The Morgan fingerprint density at radius 3 is 2.79 bits per heavy atom. The topological polar surface area (TPSA) is 79.2 Å². The van der Waals surface area contributed by atoms with Gasteiger partial charge in [-0.05, 0) is 44.7 Å². The molecule has 24 heavy (non-hydrogen) atoms. The van der Waals surface area contributed by atoms with Crippen molar-refractivity contribution < 1.29 is 14.3 Å². The fourth-order valence-electron chi connectivity index (χ4n) is 2.82. The van der Waals surface area contributed by atoms with Gasteiger partial charge in [0, 0.05) is 14.6 Å². The molecule has 0 saturated heterocycles. The quantitative estimate of drug-likeness (QED) is 0.845. The highest BCUT2D eigenvalue weighted by atomic mass is 32.1. The van der Waals surface area contributed by atoms with Gasteiger partial charge in [-0.15, -0.1) is 22.7 Å². The summed E-state index contributed by atoms with van der Waals surface area (Å²) in [6.45, 7) is 3.40. The van der Waals surface area contributed by atoms with E-state index in [0.717, 1.165) is 34.6 Å². The largest absolute Gasteiger partial charge is 0.452 e. The lowest BCUT2D eigenvalue weighted by Crippen LogP contribution is -2.21. The van der Waals surface area contributed by atoms with Crippen LogP contribution < -0.4 is 5.32 Å². The molecule has 0 aromatic carbocycles. The number of carbonyl (C=O) groups is 2. The first-order valence-electron chi connectivity index (χ1n) is 7.58. The molecule has 1 N–H and O–H groups in total. The van der Waals surface area contributed by atoms with E-state index in [4.69, 9.17) is 4.74 Å². The molecule has 5 nitrogen and oxygen atoms in total. The van der Waals surface area contributed by atoms with Crippen LogP contribution in [0.15, 0.2) is 6.07 Å². The fourth-order valence-corrected chi connectivity index (χ4v) is 4.98. The molecule has 7 heteroatoms. The number of hydrogen-bond donors (Lipinski definition) is 1. The van der Waals surface area contributed by atoms with Crippen LogP contribution in [-0.4, -0.2) is 18.5 Å². The zero-order valence-electron chi connectivity index (χ0n) is 13.4. The van der Waals surface area contributed by atoms with Gasteiger partial charge in [0.15, 0.2) is 6.61 Å². The van der Waals surface area contributed by atoms with Crippen LogP contribution in [0.4, 0.5) is 5.00 Å². The van der Waals surface area contributed by atoms with Crippen LogP contribution in [0.3, 0.4) is 0 Å². The van der Waals surface area contributed by atoms with Gasteiger partial charge in [0.2, 0.25) is 0 Å². The maximum atomic E-state index is 12.0. The number of nitrogens with one attached hydrogen (secondary N) is 1. The highest BCUT2D eigenvalue weighted by molar-refractivity contribution is 7.16. The second kappa shape index (κ2) is 6.75. The fraction of sp³-hybridized carbons (Fsp3) is 0.353. The lowest BCUT2D eigenvalue weighted by molar-refractivity contribution is -0.119. The second-order valence-corrected chi connectivity index (χ2v) is 8.19. The van der Waals surface area contributed by atoms with E-state index in [9.17, 15) is 14.9 Å². The molecule has 0 saturated carbocycles. The minimum Gasteiger partial charge on any atom is -0.452 e. The van der Waals surface area contributed by atoms with Crippen LogP contribution in [0.1, 0.15) is 42.5 Å². The molecule has 0 fully saturated rings. The summed E-state index contributed by atoms with van der Waals surface area (Å²) in [6.07, 6.45) is 2.90. The van der Waals surface area contributed by atoms with E-state index in [1.54, 1.807) is 6.07 Å². The number of nitrogens with zero attached hydrogens (tertiary/aromatic N) is 1. The number of thiophene rings is 2. The molecule has 0 radical (unpaired) electrons. The minimum absolute atomic E-state index is 0.361. The third kappa shape index (κ3) is 3.21. The molecule has 2 aromatic heterocycles. The summed E-state index contributed by atoms with van der Waals surface area (Å²) < 4.78 is 5.08. The highest BCUT2D eigenvalue weighted by Crippen LogP contribution is 2.38. The Labute approximate surface area is 147 Å². The van der Waals surface area contributed by atoms with Crippen molar-refractivity contribution in [3.05, 3.63) is 37.4 Å². The van der Waals surface area contributed by atoms with Crippen molar-refractivity contribution in [1.29, 1.82) is 5.26 Å². The standard InChI is InChI=1S/C17H16N2O3S2/c1-9-6-12(10(2)23-9)17(21)22-8-15(20)19-16-13(7-18)11-4-3-5-14(11)24-16/h6H,3-5,8H2,1-2H3,(H,19,20). The summed E-state index contributed by atoms with van der Waals surface area (Å²) in [4.78, 5) is 27.1. The van der Waals surface area contributed by atoms with Crippen molar-refractivity contribution in [1.82, 2.24) is 0 Å². The Kier molecular flexibility index (Phi) is 4.69. The van der Waals surface area contributed by atoms with E-state index in [1.807, 2.05) is 13.8 Å². The van der Waals surface area contributed by atoms with Crippen molar-refractivity contribution in [2.24, 2.45) is 0 Å². The number of esters is 1. The van der Waals surface area contributed by atoms with Gasteiger partial charge in [0.1, 0.15) is 11.1 Å². The lowest BCUT2D eigenvalue weighted by atomic mass is 10.1. The molecule has 0 bridgehead atoms. The zero-order chi connectivity index (χ0) is 17.3. The number of ether oxygens (including phenoxy) is 1. The summed E-state index contributed by atoms with van der Waals surface area (Å²) in [6, 6.07) is 3.93. The Morgan fingerprint density at radius 2 is 2.12 bits per heavy atom. The van der Waals surface area contributed by atoms with Crippen LogP contribution in [-0.2, 0) is 22.4 Å². The number of fused-ring (bicyclic) bond motifs is 1. The molecule has 0 unspecified atom stereocenters. The van der Waals surface area contributed by atoms with Gasteiger partial charge in [-0.3, -0.25) is 4.79 Å². The summed E-state index contributed by atoms with van der Waals surface area (Å²) in [5.41, 5.74) is 2.11. The van der Waals surface area contributed by atoms with Crippen molar-refractivity contribution in [3.8, 4) is 6.07 Å². The number of hydrogen-bond acceptors (Lipinski definition) is 6. The first-order chi connectivity index (χ1) is 11.5. The first-order valence-corrected chi connectivity index (χ1v) is 9.21. The molecule has 2 aromatic rings. The minimum atomic E-state index is -0.499. The molecule has 2 heterocycles. The van der Waals surface area contributed by atoms with Crippen LogP contribution in [0.5, 0.6) is 0 Å². The summed E-state index contributed by atoms with van der Waals surface area (Å²) >= 11 is 2.96. The van der Waals surface area contributed by atoms with Crippen molar-refractivity contribution in [3.63, 3.8) is 0 Å².